The molecule has 1 saturated heterocycles. The third-order valence-corrected chi connectivity index (χ3v) is 4.70. The zero-order valence-corrected chi connectivity index (χ0v) is 11.7. The van der Waals surface area contributed by atoms with Crippen LogP contribution in [0.3, 0.4) is 0 Å². The number of aromatic nitrogens is 2. The summed E-state index contributed by atoms with van der Waals surface area (Å²) in [5.41, 5.74) is 0.867. The lowest BCUT2D eigenvalue weighted by Gasteiger charge is -2.29. The van der Waals surface area contributed by atoms with Crippen LogP contribution < -0.4 is 4.72 Å². The van der Waals surface area contributed by atoms with Crippen LogP contribution in [-0.4, -0.2) is 35.6 Å². The van der Waals surface area contributed by atoms with Crippen LogP contribution in [0.25, 0.3) is 0 Å². The SMILES string of the molecule is CC1CCCN(S(=O)(=O)NCc2cnn(C)c2)C1. The summed E-state index contributed by atoms with van der Waals surface area (Å²) in [4.78, 5) is 0. The van der Waals surface area contributed by atoms with Gasteiger partial charge in [-0.05, 0) is 18.8 Å². The molecule has 6 nitrogen and oxygen atoms in total. The monoisotopic (exact) mass is 272 g/mol. The van der Waals surface area contributed by atoms with E-state index in [1.165, 1.54) is 4.31 Å². The highest BCUT2D eigenvalue weighted by Gasteiger charge is 2.26. The number of nitrogens with one attached hydrogen (secondary N) is 1. The van der Waals surface area contributed by atoms with E-state index in [-0.39, 0.29) is 0 Å². The topological polar surface area (TPSA) is 67.2 Å². The molecule has 1 aliphatic rings. The fraction of sp³-hybridized carbons (Fsp3) is 0.727. The molecule has 1 unspecified atom stereocenters. The normalized spacial score (nSPS) is 22.2. The van der Waals surface area contributed by atoms with Crippen LogP contribution in [0.2, 0.25) is 0 Å². The standard InChI is InChI=1S/C11H20N4O2S/c1-10-4-3-5-15(8-10)18(16,17)13-7-11-6-12-14(2)9-11/h6,9-10,13H,3-5,7-8H2,1-2H3. The first-order chi connectivity index (χ1) is 8.47. The lowest BCUT2D eigenvalue weighted by molar-refractivity contribution is 0.278. The Labute approximate surface area is 108 Å². The number of rotatable bonds is 4. The highest BCUT2D eigenvalue weighted by Crippen LogP contribution is 2.17. The Morgan fingerprint density at radius 2 is 2.33 bits per heavy atom. The van der Waals surface area contributed by atoms with Crippen molar-refractivity contribution in [1.29, 1.82) is 0 Å². The van der Waals surface area contributed by atoms with Crippen molar-refractivity contribution < 1.29 is 8.42 Å². The van der Waals surface area contributed by atoms with E-state index in [4.69, 9.17) is 0 Å². The highest BCUT2D eigenvalue weighted by atomic mass is 32.2. The third-order valence-electron chi connectivity index (χ3n) is 3.18. The minimum absolute atomic E-state index is 0.293. The summed E-state index contributed by atoms with van der Waals surface area (Å²) in [7, 11) is -1.55. The minimum Gasteiger partial charge on any atom is -0.275 e. The van der Waals surface area contributed by atoms with Crippen LogP contribution in [0.5, 0.6) is 0 Å². The molecule has 0 aliphatic carbocycles. The molecule has 1 fully saturated rings. The number of nitrogens with zero attached hydrogens (tertiary/aromatic N) is 3. The number of hydrogen-bond acceptors (Lipinski definition) is 3. The molecule has 1 aliphatic heterocycles. The molecule has 102 valence electrons. The smallest absolute Gasteiger partial charge is 0.275 e. The van der Waals surface area contributed by atoms with Gasteiger partial charge in [-0.3, -0.25) is 4.68 Å². The van der Waals surface area contributed by atoms with Gasteiger partial charge in [-0.2, -0.15) is 22.5 Å². The number of hydrogen-bond donors (Lipinski definition) is 1. The van der Waals surface area contributed by atoms with Crippen LogP contribution in [0.1, 0.15) is 25.3 Å². The van der Waals surface area contributed by atoms with Crippen LogP contribution in [0.15, 0.2) is 12.4 Å². The molecule has 7 heteroatoms. The molecular formula is C11H20N4O2S. The summed E-state index contributed by atoms with van der Waals surface area (Å²) in [6, 6.07) is 0. The maximum Gasteiger partial charge on any atom is 0.279 e. The molecule has 1 aromatic rings. The first-order valence-corrected chi connectivity index (χ1v) is 7.63. The van der Waals surface area contributed by atoms with Gasteiger partial charge in [0.25, 0.3) is 10.2 Å². The molecule has 1 N–H and O–H groups in total. The van der Waals surface area contributed by atoms with Crippen molar-refractivity contribution in [3.8, 4) is 0 Å². The zero-order valence-electron chi connectivity index (χ0n) is 10.8. The van der Waals surface area contributed by atoms with Gasteiger partial charge in [0.1, 0.15) is 0 Å². The van der Waals surface area contributed by atoms with Crippen molar-refractivity contribution >= 4 is 10.2 Å². The van der Waals surface area contributed by atoms with E-state index in [0.29, 0.717) is 25.6 Å². The van der Waals surface area contributed by atoms with Crippen molar-refractivity contribution in [3.63, 3.8) is 0 Å². The van der Waals surface area contributed by atoms with E-state index in [0.717, 1.165) is 18.4 Å². The maximum absolute atomic E-state index is 12.1. The van der Waals surface area contributed by atoms with Gasteiger partial charge in [-0.25, -0.2) is 0 Å². The van der Waals surface area contributed by atoms with E-state index in [2.05, 4.69) is 16.7 Å². The molecule has 18 heavy (non-hydrogen) atoms. The van der Waals surface area contributed by atoms with Crippen molar-refractivity contribution in [2.45, 2.75) is 26.3 Å². The molecule has 0 saturated carbocycles. The van der Waals surface area contributed by atoms with Crippen LogP contribution >= 0.6 is 0 Å². The predicted octanol–water partition coefficient (Wildman–Crippen LogP) is 0.486. The fourth-order valence-electron chi connectivity index (χ4n) is 2.19. The van der Waals surface area contributed by atoms with Crippen LogP contribution in [0.4, 0.5) is 0 Å². The number of aryl methyl sites for hydroxylation is 1. The number of piperidine rings is 1. The predicted molar refractivity (Wildman–Crippen MR) is 68.9 cm³/mol. The van der Waals surface area contributed by atoms with Gasteiger partial charge in [0.15, 0.2) is 0 Å². The zero-order chi connectivity index (χ0) is 13.2. The Balaban J connectivity index is 1.94. The quantitative estimate of drug-likeness (QED) is 0.867. The second-order valence-corrected chi connectivity index (χ2v) is 6.71. The van der Waals surface area contributed by atoms with Crippen molar-refractivity contribution in [2.24, 2.45) is 13.0 Å². The average Bonchev–Trinajstić information content (AvgIpc) is 2.73. The largest absolute Gasteiger partial charge is 0.279 e. The minimum atomic E-state index is -3.36. The highest BCUT2D eigenvalue weighted by molar-refractivity contribution is 7.87. The lowest BCUT2D eigenvalue weighted by atomic mass is 10.0. The second kappa shape index (κ2) is 5.38. The summed E-state index contributed by atoms with van der Waals surface area (Å²) in [5.74, 6) is 0.439. The first-order valence-electron chi connectivity index (χ1n) is 6.19. The maximum atomic E-state index is 12.1. The molecule has 0 aromatic carbocycles. The first kappa shape index (κ1) is 13.5. The van der Waals surface area contributed by atoms with Gasteiger partial charge >= 0.3 is 0 Å². The van der Waals surface area contributed by atoms with E-state index in [1.807, 2.05) is 7.05 Å². The summed E-state index contributed by atoms with van der Waals surface area (Å²) in [5, 5.41) is 4.01. The average molecular weight is 272 g/mol. The van der Waals surface area contributed by atoms with Crippen LogP contribution in [0, 0.1) is 5.92 Å². The van der Waals surface area contributed by atoms with Gasteiger partial charge in [0.2, 0.25) is 0 Å². The Morgan fingerprint density at radius 3 is 2.94 bits per heavy atom. The molecular weight excluding hydrogens is 252 g/mol. The van der Waals surface area contributed by atoms with E-state index in [9.17, 15) is 8.42 Å². The Bertz CT molecular complexity index is 497. The molecule has 0 amide bonds. The van der Waals surface area contributed by atoms with Gasteiger partial charge in [-0.1, -0.05) is 6.92 Å². The Hall–Kier alpha value is -0.920. The molecule has 0 bridgehead atoms. The van der Waals surface area contributed by atoms with Crippen molar-refractivity contribution in [3.05, 3.63) is 18.0 Å². The molecule has 2 heterocycles. The Kier molecular flexibility index (Phi) is 4.04. The third kappa shape index (κ3) is 3.30. The lowest BCUT2D eigenvalue weighted by Crippen LogP contribution is -2.45. The molecule has 2 rings (SSSR count). The molecule has 0 radical (unpaired) electrons. The van der Waals surface area contributed by atoms with Gasteiger partial charge in [0, 0.05) is 38.4 Å². The van der Waals surface area contributed by atoms with Crippen LogP contribution in [-0.2, 0) is 23.8 Å². The Morgan fingerprint density at radius 1 is 1.56 bits per heavy atom. The van der Waals surface area contributed by atoms with Gasteiger partial charge in [0.05, 0.1) is 6.20 Å². The molecule has 0 spiro atoms. The van der Waals surface area contributed by atoms with Crippen molar-refractivity contribution in [2.75, 3.05) is 13.1 Å². The van der Waals surface area contributed by atoms with E-state index < -0.39 is 10.2 Å². The van der Waals surface area contributed by atoms with E-state index >= 15 is 0 Å². The second-order valence-electron chi connectivity index (χ2n) is 4.95. The summed E-state index contributed by atoms with van der Waals surface area (Å²) >= 11 is 0. The summed E-state index contributed by atoms with van der Waals surface area (Å²) in [6.45, 7) is 3.61. The summed E-state index contributed by atoms with van der Waals surface area (Å²) < 4.78 is 30.0. The summed E-state index contributed by atoms with van der Waals surface area (Å²) in [6.07, 6.45) is 5.52. The van der Waals surface area contributed by atoms with E-state index in [1.54, 1.807) is 17.1 Å². The molecule has 1 atom stereocenters. The van der Waals surface area contributed by atoms with Gasteiger partial charge < -0.3 is 0 Å². The fourth-order valence-corrected chi connectivity index (χ4v) is 3.55. The van der Waals surface area contributed by atoms with Crippen molar-refractivity contribution in [1.82, 2.24) is 18.8 Å². The van der Waals surface area contributed by atoms with Gasteiger partial charge in [-0.15, -0.1) is 0 Å². The molecule has 1 aromatic heterocycles.